The van der Waals surface area contributed by atoms with Crippen molar-refractivity contribution < 1.29 is 9.47 Å². The van der Waals surface area contributed by atoms with Gasteiger partial charge in [-0.25, -0.2) is 4.98 Å². The molecule has 1 aromatic heterocycles. The molecule has 0 aliphatic rings. The predicted molar refractivity (Wildman–Crippen MR) is 82.8 cm³/mol. The molecular formula is C14H18BrN3O2. The highest BCUT2D eigenvalue weighted by Gasteiger charge is 2.11. The Morgan fingerprint density at radius 1 is 1.40 bits per heavy atom. The van der Waals surface area contributed by atoms with Gasteiger partial charge in [0.15, 0.2) is 0 Å². The number of ether oxygens (including phenoxy) is 2. The molecule has 0 radical (unpaired) electrons. The van der Waals surface area contributed by atoms with Crippen molar-refractivity contribution in [2.24, 2.45) is 0 Å². The Morgan fingerprint density at radius 2 is 2.20 bits per heavy atom. The molecule has 108 valence electrons. The first-order valence-electron chi connectivity index (χ1n) is 6.28. The summed E-state index contributed by atoms with van der Waals surface area (Å²) in [4.78, 5) is 4.35. The molecular weight excluding hydrogens is 322 g/mol. The summed E-state index contributed by atoms with van der Waals surface area (Å²) in [6.45, 7) is 2.66. The molecule has 2 aromatic rings. The molecule has 1 atom stereocenters. The van der Waals surface area contributed by atoms with Crippen molar-refractivity contribution in [1.29, 1.82) is 0 Å². The Kier molecular flexibility index (Phi) is 5.03. The quantitative estimate of drug-likeness (QED) is 0.878. The molecule has 1 unspecified atom stereocenters. The Balaban J connectivity index is 2.32. The minimum Gasteiger partial charge on any atom is -0.497 e. The van der Waals surface area contributed by atoms with Crippen molar-refractivity contribution in [2.45, 2.75) is 13.0 Å². The van der Waals surface area contributed by atoms with Crippen LogP contribution in [0.3, 0.4) is 0 Å². The van der Waals surface area contributed by atoms with E-state index in [0.29, 0.717) is 6.61 Å². The maximum absolute atomic E-state index is 5.27. The molecule has 0 bridgehead atoms. The first-order valence-corrected chi connectivity index (χ1v) is 7.07. The fourth-order valence-electron chi connectivity index (χ4n) is 1.92. The van der Waals surface area contributed by atoms with Crippen LogP contribution in [0.5, 0.6) is 5.75 Å². The SMILES string of the molecule is COCC(C)Nc1nccn1-c1cc(OC)ccc1Br. The van der Waals surface area contributed by atoms with Crippen molar-refractivity contribution in [3.63, 3.8) is 0 Å². The number of nitrogens with zero attached hydrogens (tertiary/aromatic N) is 2. The molecule has 0 aliphatic carbocycles. The molecule has 6 heteroatoms. The monoisotopic (exact) mass is 339 g/mol. The van der Waals surface area contributed by atoms with E-state index in [1.54, 1.807) is 20.4 Å². The van der Waals surface area contributed by atoms with Gasteiger partial charge in [0.05, 0.1) is 19.4 Å². The van der Waals surface area contributed by atoms with E-state index >= 15 is 0 Å². The third-order valence-corrected chi connectivity index (χ3v) is 3.52. The summed E-state index contributed by atoms with van der Waals surface area (Å²) >= 11 is 3.56. The van der Waals surface area contributed by atoms with Gasteiger partial charge >= 0.3 is 0 Å². The van der Waals surface area contributed by atoms with Crippen molar-refractivity contribution >= 4 is 21.9 Å². The zero-order valence-corrected chi connectivity index (χ0v) is 13.3. The lowest BCUT2D eigenvalue weighted by molar-refractivity contribution is 0.190. The number of anilines is 1. The number of benzene rings is 1. The summed E-state index contributed by atoms with van der Waals surface area (Å²) in [6, 6.07) is 5.99. The van der Waals surface area contributed by atoms with Gasteiger partial charge in [0.25, 0.3) is 0 Å². The smallest absolute Gasteiger partial charge is 0.207 e. The number of hydrogen-bond acceptors (Lipinski definition) is 4. The van der Waals surface area contributed by atoms with E-state index in [1.165, 1.54) is 0 Å². The zero-order valence-electron chi connectivity index (χ0n) is 11.8. The fourth-order valence-corrected chi connectivity index (χ4v) is 2.36. The van der Waals surface area contributed by atoms with E-state index in [0.717, 1.165) is 21.9 Å². The first kappa shape index (κ1) is 14.9. The van der Waals surface area contributed by atoms with Crippen LogP contribution < -0.4 is 10.1 Å². The molecule has 20 heavy (non-hydrogen) atoms. The van der Waals surface area contributed by atoms with Crippen LogP contribution >= 0.6 is 15.9 Å². The van der Waals surface area contributed by atoms with Crippen molar-refractivity contribution in [2.75, 3.05) is 26.1 Å². The molecule has 1 heterocycles. The van der Waals surface area contributed by atoms with Gasteiger partial charge in [-0.15, -0.1) is 0 Å². The standard InChI is InChI=1S/C14H18BrN3O2/c1-10(9-19-2)17-14-16-6-7-18(14)13-8-11(20-3)4-5-12(13)15/h4-8,10H,9H2,1-3H3,(H,16,17). The highest BCUT2D eigenvalue weighted by molar-refractivity contribution is 9.10. The van der Waals surface area contributed by atoms with Gasteiger partial charge in [0, 0.05) is 36.1 Å². The van der Waals surface area contributed by atoms with E-state index in [9.17, 15) is 0 Å². The third kappa shape index (κ3) is 3.32. The molecule has 0 saturated heterocycles. The second-order valence-electron chi connectivity index (χ2n) is 4.44. The average Bonchev–Trinajstić information content (AvgIpc) is 2.87. The summed E-state index contributed by atoms with van der Waals surface area (Å²) in [5.74, 6) is 1.57. The Morgan fingerprint density at radius 3 is 2.90 bits per heavy atom. The largest absolute Gasteiger partial charge is 0.497 e. The van der Waals surface area contributed by atoms with Gasteiger partial charge in [-0.3, -0.25) is 4.57 Å². The van der Waals surface area contributed by atoms with Crippen LogP contribution in [0, 0.1) is 0 Å². The fraction of sp³-hybridized carbons (Fsp3) is 0.357. The van der Waals surface area contributed by atoms with E-state index in [1.807, 2.05) is 35.9 Å². The molecule has 0 saturated carbocycles. The maximum atomic E-state index is 5.27. The van der Waals surface area contributed by atoms with Crippen LogP contribution in [-0.2, 0) is 4.74 Å². The number of nitrogens with one attached hydrogen (secondary N) is 1. The summed E-state index contributed by atoms with van der Waals surface area (Å²) in [5, 5.41) is 3.32. The van der Waals surface area contributed by atoms with Gasteiger partial charge in [-0.2, -0.15) is 0 Å². The lowest BCUT2D eigenvalue weighted by Gasteiger charge is -2.16. The van der Waals surface area contributed by atoms with Gasteiger partial charge < -0.3 is 14.8 Å². The topological polar surface area (TPSA) is 48.3 Å². The van der Waals surface area contributed by atoms with Crippen LogP contribution in [-0.4, -0.2) is 36.4 Å². The summed E-state index contributed by atoms with van der Waals surface area (Å²) < 4.78 is 13.3. The predicted octanol–water partition coefficient (Wildman–Crippen LogP) is 3.09. The number of methoxy groups -OCH3 is 2. The molecule has 1 N–H and O–H groups in total. The van der Waals surface area contributed by atoms with Crippen LogP contribution in [0.25, 0.3) is 5.69 Å². The number of imidazole rings is 1. The molecule has 0 aliphatic heterocycles. The van der Waals surface area contributed by atoms with Gasteiger partial charge in [0.1, 0.15) is 5.75 Å². The number of rotatable bonds is 6. The maximum Gasteiger partial charge on any atom is 0.207 e. The Bertz CT molecular complexity index is 571. The zero-order chi connectivity index (χ0) is 14.5. The normalized spacial score (nSPS) is 12.2. The van der Waals surface area contributed by atoms with Crippen molar-refractivity contribution in [3.05, 3.63) is 35.1 Å². The summed E-state index contributed by atoms with van der Waals surface area (Å²) in [5.41, 5.74) is 0.967. The average molecular weight is 340 g/mol. The van der Waals surface area contributed by atoms with Gasteiger partial charge in [0.2, 0.25) is 5.95 Å². The summed E-state index contributed by atoms with van der Waals surface area (Å²) in [6.07, 6.45) is 3.66. The molecule has 2 rings (SSSR count). The molecule has 0 spiro atoms. The van der Waals surface area contributed by atoms with Crippen molar-refractivity contribution in [1.82, 2.24) is 9.55 Å². The van der Waals surface area contributed by atoms with E-state index in [2.05, 4.69) is 26.2 Å². The second-order valence-corrected chi connectivity index (χ2v) is 5.29. The van der Waals surface area contributed by atoms with E-state index < -0.39 is 0 Å². The second kappa shape index (κ2) is 6.76. The number of hydrogen-bond donors (Lipinski definition) is 1. The Hall–Kier alpha value is -1.53. The minimum absolute atomic E-state index is 0.172. The minimum atomic E-state index is 0.172. The number of aromatic nitrogens is 2. The lowest BCUT2D eigenvalue weighted by Crippen LogP contribution is -2.22. The highest BCUT2D eigenvalue weighted by atomic mass is 79.9. The molecule has 5 nitrogen and oxygen atoms in total. The van der Waals surface area contributed by atoms with E-state index in [-0.39, 0.29) is 6.04 Å². The number of halogens is 1. The first-order chi connectivity index (χ1) is 9.65. The highest BCUT2D eigenvalue weighted by Crippen LogP contribution is 2.28. The van der Waals surface area contributed by atoms with Crippen LogP contribution in [0.15, 0.2) is 35.1 Å². The van der Waals surface area contributed by atoms with Crippen LogP contribution in [0.2, 0.25) is 0 Å². The molecule has 0 fully saturated rings. The van der Waals surface area contributed by atoms with Gasteiger partial charge in [-0.1, -0.05) is 0 Å². The van der Waals surface area contributed by atoms with Crippen LogP contribution in [0.4, 0.5) is 5.95 Å². The Labute approximate surface area is 127 Å². The van der Waals surface area contributed by atoms with E-state index in [4.69, 9.17) is 9.47 Å². The van der Waals surface area contributed by atoms with Crippen LogP contribution in [0.1, 0.15) is 6.92 Å². The summed E-state index contributed by atoms with van der Waals surface area (Å²) in [7, 11) is 3.34. The lowest BCUT2D eigenvalue weighted by atomic mass is 10.3. The molecule has 0 amide bonds. The van der Waals surface area contributed by atoms with Gasteiger partial charge in [-0.05, 0) is 35.0 Å². The third-order valence-electron chi connectivity index (χ3n) is 2.85. The molecule has 1 aromatic carbocycles. The van der Waals surface area contributed by atoms with Crippen molar-refractivity contribution in [3.8, 4) is 11.4 Å².